The van der Waals surface area contributed by atoms with Crippen LogP contribution in [0.1, 0.15) is 32.1 Å². The van der Waals surface area contributed by atoms with Crippen molar-refractivity contribution in [2.24, 2.45) is 0 Å². The minimum Gasteiger partial charge on any atom is -0.0653 e. The Morgan fingerprint density at radius 3 is 2.40 bits per heavy atom. The molecule has 2 aromatic rings. The molecular formula is C18H22Si2. The van der Waals surface area contributed by atoms with Gasteiger partial charge in [0.2, 0.25) is 0 Å². The van der Waals surface area contributed by atoms with Crippen LogP contribution in [-0.4, -0.2) is 16.6 Å². The highest BCUT2D eigenvalue weighted by Gasteiger charge is 2.48. The fourth-order valence-corrected chi connectivity index (χ4v) is 14.6. The second kappa shape index (κ2) is 5.16. The Morgan fingerprint density at radius 1 is 0.900 bits per heavy atom. The van der Waals surface area contributed by atoms with E-state index in [1.54, 1.807) is 11.4 Å². The fraction of sp³-hybridized carbons (Fsp3) is 0.444. The Hall–Kier alpha value is -0.866. The summed E-state index contributed by atoms with van der Waals surface area (Å²) in [7, 11) is 0.138. The van der Waals surface area contributed by atoms with E-state index in [-0.39, 0.29) is 0 Å². The van der Waals surface area contributed by atoms with E-state index in [0.29, 0.717) is 0 Å². The maximum atomic E-state index is 2.50. The van der Waals surface area contributed by atoms with Crippen LogP contribution in [-0.2, 0) is 0 Å². The quantitative estimate of drug-likeness (QED) is 0.717. The third kappa shape index (κ3) is 1.92. The Kier molecular flexibility index (Phi) is 3.31. The molecule has 1 saturated carbocycles. The van der Waals surface area contributed by atoms with Crippen molar-refractivity contribution < 1.29 is 0 Å². The molecule has 2 aromatic carbocycles. The molecular weight excluding hydrogens is 272 g/mol. The molecule has 1 atom stereocenters. The monoisotopic (exact) mass is 294 g/mol. The maximum Gasteiger partial charge on any atom is 0.0779 e. The van der Waals surface area contributed by atoms with Gasteiger partial charge in [0.1, 0.15) is 0 Å². The van der Waals surface area contributed by atoms with E-state index in [9.17, 15) is 0 Å². The van der Waals surface area contributed by atoms with E-state index < -0.39 is 7.59 Å². The summed E-state index contributed by atoms with van der Waals surface area (Å²) in [5.74, 6) is 0. The van der Waals surface area contributed by atoms with Gasteiger partial charge in [-0.2, -0.15) is 0 Å². The molecule has 20 heavy (non-hydrogen) atoms. The molecule has 0 spiro atoms. The Balaban J connectivity index is 1.83. The topological polar surface area (TPSA) is 0 Å². The fourth-order valence-electron chi connectivity index (χ4n) is 4.40. The molecule has 2 aliphatic rings. The van der Waals surface area contributed by atoms with Crippen molar-refractivity contribution in [1.82, 2.24) is 0 Å². The molecule has 0 N–H and O–H groups in total. The largest absolute Gasteiger partial charge is 0.0779 e. The molecule has 2 heteroatoms. The summed E-state index contributed by atoms with van der Waals surface area (Å²) < 4.78 is 0. The van der Waals surface area contributed by atoms with E-state index in [1.807, 2.05) is 5.19 Å². The summed E-state index contributed by atoms with van der Waals surface area (Å²) in [4.78, 5) is 0. The molecule has 1 unspecified atom stereocenters. The number of hydrogen-bond donors (Lipinski definition) is 0. The summed E-state index contributed by atoms with van der Waals surface area (Å²) in [6.07, 6.45) is 7.54. The van der Waals surface area contributed by atoms with Gasteiger partial charge in [0.25, 0.3) is 0 Å². The Labute approximate surface area is 125 Å². The normalized spacial score (nSPS) is 27.4. The van der Waals surface area contributed by atoms with E-state index in [1.165, 1.54) is 52.6 Å². The molecule has 1 aliphatic carbocycles. The third-order valence-electron chi connectivity index (χ3n) is 5.53. The van der Waals surface area contributed by atoms with Gasteiger partial charge in [-0.3, -0.25) is 0 Å². The van der Waals surface area contributed by atoms with Crippen molar-refractivity contribution in [3.05, 3.63) is 42.5 Å². The second-order valence-electron chi connectivity index (χ2n) is 6.51. The van der Waals surface area contributed by atoms with Crippen LogP contribution in [0.5, 0.6) is 0 Å². The molecule has 2 fully saturated rings. The highest BCUT2D eigenvalue weighted by atomic mass is 29.2. The van der Waals surface area contributed by atoms with E-state index in [0.717, 1.165) is 5.54 Å². The van der Waals surface area contributed by atoms with Crippen LogP contribution in [0.2, 0.25) is 17.6 Å². The zero-order valence-corrected chi connectivity index (χ0v) is 14.1. The van der Waals surface area contributed by atoms with Crippen LogP contribution in [0.4, 0.5) is 0 Å². The van der Waals surface area contributed by atoms with Gasteiger partial charge in [0.15, 0.2) is 0 Å². The third-order valence-corrected chi connectivity index (χ3v) is 17.0. The molecule has 4 rings (SSSR count). The molecule has 1 aliphatic heterocycles. The number of rotatable bonds is 2. The average molecular weight is 295 g/mol. The van der Waals surface area contributed by atoms with Crippen LogP contribution in [0.25, 0.3) is 10.8 Å². The van der Waals surface area contributed by atoms with E-state index >= 15 is 0 Å². The molecule has 0 bridgehead atoms. The number of hydrogen-bond acceptors (Lipinski definition) is 0. The molecule has 0 amide bonds. The summed E-state index contributed by atoms with van der Waals surface area (Å²) >= 11 is 0. The van der Waals surface area contributed by atoms with Gasteiger partial charge in [-0.05, 0) is 16.3 Å². The lowest BCUT2D eigenvalue weighted by Gasteiger charge is -2.48. The average Bonchev–Trinajstić information content (AvgIpc) is 2.48. The highest BCUT2D eigenvalue weighted by molar-refractivity contribution is 7.36. The van der Waals surface area contributed by atoms with Gasteiger partial charge in [-0.1, -0.05) is 91.8 Å². The lowest BCUT2D eigenvalue weighted by atomic mass is 10.0. The zero-order chi connectivity index (χ0) is 13.4. The van der Waals surface area contributed by atoms with Crippen molar-refractivity contribution in [2.45, 2.75) is 49.7 Å². The van der Waals surface area contributed by atoms with Gasteiger partial charge in [0.05, 0.1) is 7.59 Å². The number of fused-ring (bicyclic) bond motifs is 1. The second-order valence-corrected chi connectivity index (χ2v) is 14.9. The maximum absolute atomic E-state index is 2.50. The van der Waals surface area contributed by atoms with Crippen molar-refractivity contribution in [3.63, 3.8) is 0 Å². The molecule has 0 aromatic heterocycles. The molecule has 0 nitrogen and oxygen atoms in total. The van der Waals surface area contributed by atoms with Gasteiger partial charge in [-0.25, -0.2) is 0 Å². The van der Waals surface area contributed by atoms with Gasteiger partial charge >= 0.3 is 0 Å². The van der Waals surface area contributed by atoms with Crippen molar-refractivity contribution in [1.29, 1.82) is 0 Å². The Bertz CT molecular complexity index is 604. The van der Waals surface area contributed by atoms with Crippen molar-refractivity contribution in [2.75, 3.05) is 0 Å². The predicted molar refractivity (Wildman–Crippen MR) is 91.5 cm³/mol. The van der Waals surface area contributed by atoms with Gasteiger partial charge < -0.3 is 0 Å². The Morgan fingerprint density at radius 2 is 1.65 bits per heavy atom. The van der Waals surface area contributed by atoms with Crippen molar-refractivity contribution in [3.8, 4) is 0 Å². The first kappa shape index (κ1) is 12.8. The van der Waals surface area contributed by atoms with E-state index in [4.69, 9.17) is 0 Å². The summed E-state index contributed by atoms with van der Waals surface area (Å²) in [6, 6.07) is 19.3. The van der Waals surface area contributed by atoms with Crippen LogP contribution in [0.15, 0.2) is 42.5 Å². The van der Waals surface area contributed by atoms with Crippen LogP contribution in [0, 0.1) is 0 Å². The van der Waals surface area contributed by atoms with Crippen molar-refractivity contribution >= 4 is 32.6 Å². The smallest absolute Gasteiger partial charge is 0.0653 e. The molecule has 2 radical (unpaired) electrons. The minimum atomic E-state index is -1.15. The van der Waals surface area contributed by atoms with Gasteiger partial charge in [0, 0.05) is 9.04 Å². The summed E-state index contributed by atoms with van der Waals surface area (Å²) in [6.45, 7) is 0. The minimum absolute atomic E-state index is 1.09. The first-order valence-electron chi connectivity index (χ1n) is 8.13. The van der Waals surface area contributed by atoms with Crippen LogP contribution < -0.4 is 5.19 Å². The standard InChI is InChI=1S/C18H22Si2/c1-2-9-16(10-3-1)20(14-13-19-20)18-12-6-8-15-7-4-5-11-17(15)18/h4-8,11-12,16H,1-3,9-10,13-14H2. The van der Waals surface area contributed by atoms with Crippen LogP contribution in [0.3, 0.4) is 0 Å². The van der Waals surface area contributed by atoms with Gasteiger partial charge in [-0.15, -0.1) is 0 Å². The first-order chi connectivity index (χ1) is 9.90. The summed E-state index contributed by atoms with van der Waals surface area (Å²) in [5, 5.41) is 4.86. The number of benzene rings is 2. The summed E-state index contributed by atoms with van der Waals surface area (Å²) in [5.41, 5.74) is 1.09. The predicted octanol–water partition coefficient (Wildman–Crippen LogP) is 4.46. The molecule has 102 valence electrons. The SMILES string of the molecule is c1ccc2c([Si]3(C4CCCCC4)CC[Si]3)cccc2c1. The lowest BCUT2D eigenvalue weighted by Crippen LogP contribution is -2.63. The zero-order valence-electron chi connectivity index (χ0n) is 12.1. The molecule has 1 heterocycles. The molecule has 1 saturated heterocycles. The van der Waals surface area contributed by atoms with Crippen LogP contribution >= 0.6 is 0 Å². The van der Waals surface area contributed by atoms with E-state index in [2.05, 4.69) is 42.5 Å². The first-order valence-corrected chi connectivity index (χ1v) is 12.6. The highest BCUT2D eigenvalue weighted by Crippen LogP contribution is 2.44. The lowest BCUT2D eigenvalue weighted by molar-refractivity contribution is 0.494.